The van der Waals surface area contributed by atoms with Crippen LogP contribution in [0.1, 0.15) is 51.5 Å². The van der Waals surface area contributed by atoms with Gasteiger partial charge in [0.2, 0.25) is 11.8 Å². The first-order valence-corrected chi connectivity index (χ1v) is 7.80. The highest BCUT2D eigenvalue weighted by Gasteiger charge is 2.08. The van der Waals surface area contributed by atoms with Crippen LogP contribution >= 0.6 is 0 Å². The quantitative estimate of drug-likeness (QED) is 0.418. The number of amides is 2. The average Bonchev–Trinajstić information content (AvgIpc) is 2.52. The molecule has 0 aliphatic rings. The fraction of sp³-hybridized carbons (Fsp3) is 0.471. The molecule has 1 aromatic rings. The number of carbonyl (C=O) groups is 2. The Labute approximate surface area is 132 Å². The summed E-state index contributed by atoms with van der Waals surface area (Å²) in [6.07, 6.45) is 3.52. The number of hydrazone groups is 1. The highest BCUT2D eigenvalue weighted by atomic mass is 16.2. The van der Waals surface area contributed by atoms with E-state index < -0.39 is 0 Å². The van der Waals surface area contributed by atoms with Crippen LogP contribution in [-0.2, 0) is 16.1 Å². The van der Waals surface area contributed by atoms with Crippen molar-refractivity contribution >= 4 is 17.5 Å². The Morgan fingerprint density at radius 2 is 1.64 bits per heavy atom. The molecule has 1 rings (SSSR count). The molecule has 0 atom stereocenters. The largest absolute Gasteiger partial charge is 0.352 e. The van der Waals surface area contributed by atoms with Gasteiger partial charge in [0.15, 0.2) is 0 Å². The van der Waals surface area contributed by atoms with Gasteiger partial charge >= 0.3 is 0 Å². The predicted octanol–water partition coefficient (Wildman–Crippen LogP) is 2.77. The van der Waals surface area contributed by atoms with Crippen molar-refractivity contribution in [2.45, 2.75) is 52.5 Å². The second kappa shape index (κ2) is 10.5. The van der Waals surface area contributed by atoms with Gasteiger partial charge in [0, 0.05) is 12.3 Å². The Morgan fingerprint density at radius 3 is 2.23 bits per heavy atom. The number of benzene rings is 1. The SMILES string of the molecule is CCCC(CCC)=NNC(=O)CC(=O)NCc1ccccc1. The summed E-state index contributed by atoms with van der Waals surface area (Å²) in [5, 5.41) is 6.83. The molecule has 2 N–H and O–H groups in total. The van der Waals surface area contributed by atoms with Gasteiger partial charge in [-0.15, -0.1) is 0 Å². The summed E-state index contributed by atoms with van der Waals surface area (Å²) in [7, 11) is 0. The van der Waals surface area contributed by atoms with Gasteiger partial charge < -0.3 is 5.32 Å². The van der Waals surface area contributed by atoms with Crippen LogP contribution in [0.5, 0.6) is 0 Å². The third kappa shape index (κ3) is 7.57. The molecule has 0 aliphatic heterocycles. The molecule has 1 aromatic carbocycles. The number of rotatable bonds is 9. The first kappa shape index (κ1) is 17.9. The molecule has 0 saturated heterocycles. The van der Waals surface area contributed by atoms with E-state index >= 15 is 0 Å². The van der Waals surface area contributed by atoms with E-state index in [9.17, 15) is 9.59 Å². The lowest BCUT2D eigenvalue weighted by Gasteiger charge is -2.06. The normalized spacial score (nSPS) is 9.91. The number of nitrogens with one attached hydrogen (secondary N) is 2. The number of hydrogen-bond acceptors (Lipinski definition) is 3. The van der Waals surface area contributed by atoms with E-state index in [0.29, 0.717) is 6.54 Å². The van der Waals surface area contributed by atoms with E-state index in [1.807, 2.05) is 30.3 Å². The molecule has 0 heterocycles. The van der Waals surface area contributed by atoms with Crippen molar-refractivity contribution in [1.29, 1.82) is 0 Å². The van der Waals surface area contributed by atoms with Gasteiger partial charge in [0.05, 0.1) is 0 Å². The lowest BCUT2D eigenvalue weighted by molar-refractivity contribution is -0.129. The maximum Gasteiger partial charge on any atom is 0.249 e. The van der Waals surface area contributed by atoms with Crippen molar-refractivity contribution in [3.05, 3.63) is 35.9 Å². The monoisotopic (exact) mass is 303 g/mol. The number of carbonyl (C=O) groups excluding carboxylic acids is 2. The van der Waals surface area contributed by atoms with Gasteiger partial charge in [-0.05, 0) is 18.4 Å². The minimum Gasteiger partial charge on any atom is -0.352 e. The van der Waals surface area contributed by atoms with Crippen molar-refractivity contribution in [3.63, 3.8) is 0 Å². The van der Waals surface area contributed by atoms with Crippen LogP contribution in [0.25, 0.3) is 0 Å². The minimum atomic E-state index is -0.379. The molecule has 0 aromatic heterocycles. The molecule has 5 heteroatoms. The Kier molecular flexibility index (Phi) is 8.57. The van der Waals surface area contributed by atoms with Crippen LogP contribution in [0.2, 0.25) is 0 Å². The summed E-state index contributed by atoms with van der Waals surface area (Å²) in [5.41, 5.74) is 4.45. The molecule has 0 radical (unpaired) electrons. The zero-order valence-corrected chi connectivity index (χ0v) is 13.4. The van der Waals surface area contributed by atoms with E-state index in [1.165, 1.54) is 0 Å². The van der Waals surface area contributed by atoms with Crippen molar-refractivity contribution in [1.82, 2.24) is 10.7 Å². The molecule has 2 amide bonds. The summed E-state index contributed by atoms with van der Waals surface area (Å²) >= 11 is 0. The second-order valence-electron chi connectivity index (χ2n) is 5.15. The van der Waals surface area contributed by atoms with Crippen LogP contribution in [-0.4, -0.2) is 17.5 Å². The highest BCUT2D eigenvalue weighted by Crippen LogP contribution is 2.00. The number of hydrogen-bond donors (Lipinski definition) is 2. The van der Waals surface area contributed by atoms with Gasteiger partial charge in [0.25, 0.3) is 0 Å². The molecule has 0 fully saturated rings. The molecule has 0 unspecified atom stereocenters. The van der Waals surface area contributed by atoms with Crippen molar-refractivity contribution in [2.24, 2.45) is 5.10 Å². The smallest absolute Gasteiger partial charge is 0.249 e. The lowest BCUT2D eigenvalue weighted by Crippen LogP contribution is -2.30. The fourth-order valence-electron chi connectivity index (χ4n) is 2.00. The van der Waals surface area contributed by atoms with E-state index in [0.717, 1.165) is 37.0 Å². The van der Waals surface area contributed by atoms with E-state index in [1.54, 1.807) is 0 Å². The predicted molar refractivity (Wildman–Crippen MR) is 88.3 cm³/mol. The Bertz CT molecular complexity index is 490. The Morgan fingerprint density at radius 1 is 1.00 bits per heavy atom. The van der Waals surface area contributed by atoms with Gasteiger partial charge in [-0.1, -0.05) is 57.0 Å². The first-order chi connectivity index (χ1) is 10.7. The van der Waals surface area contributed by atoms with Crippen LogP contribution in [0, 0.1) is 0 Å². The summed E-state index contributed by atoms with van der Waals surface area (Å²) in [4.78, 5) is 23.4. The molecular formula is C17H25N3O2. The zero-order chi connectivity index (χ0) is 16.2. The summed E-state index contributed by atoms with van der Waals surface area (Å²) in [5.74, 6) is -0.681. The van der Waals surface area contributed by atoms with Crippen molar-refractivity contribution in [3.8, 4) is 0 Å². The fourth-order valence-corrected chi connectivity index (χ4v) is 2.00. The minimum absolute atomic E-state index is 0.206. The topological polar surface area (TPSA) is 70.6 Å². The number of nitrogens with zero attached hydrogens (tertiary/aromatic N) is 1. The Hall–Kier alpha value is -2.17. The molecule has 5 nitrogen and oxygen atoms in total. The van der Waals surface area contributed by atoms with Crippen molar-refractivity contribution in [2.75, 3.05) is 0 Å². The van der Waals surface area contributed by atoms with Gasteiger partial charge in [-0.2, -0.15) is 5.10 Å². The Balaban J connectivity index is 2.34. The van der Waals surface area contributed by atoms with Gasteiger partial charge in [-0.25, -0.2) is 5.43 Å². The zero-order valence-electron chi connectivity index (χ0n) is 13.4. The van der Waals surface area contributed by atoms with Gasteiger partial charge in [0.1, 0.15) is 6.42 Å². The first-order valence-electron chi connectivity index (χ1n) is 7.80. The second-order valence-corrected chi connectivity index (χ2v) is 5.15. The molecular weight excluding hydrogens is 278 g/mol. The van der Waals surface area contributed by atoms with E-state index in [4.69, 9.17) is 0 Å². The summed E-state index contributed by atoms with van der Waals surface area (Å²) in [6.45, 7) is 4.57. The van der Waals surface area contributed by atoms with Crippen LogP contribution in [0.15, 0.2) is 35.4 Å². The van der Waals surface area contributed by atoms with E-state index in [-0.39, 0.29) is 18.2 Å². The van der Waals surface area contributed by atoms with Crippen LogP contribution in [0.4, 0.5) is 0 Å². The highest BCUT2D eigenvalue weighted by molar-refractivity contribution is 5.97. The summed E-state index contributed by atoms with van der Waals surface area (Å²) in [6, 6.07) is 9.58. The standard InChI is InChI=1S/C17H25N3O2/c1-3-8-15(9-4-2)19-20-17(22)12-16(21)18-13-14-10-6-5-7-11-14/h5-7,10-11H,3-4,8-9,12-13H2,1-2H3,(H,18,21)(H,20,22). The third-order valence-corrected chi connectivity index (χ3v) is 3.07. The van der Waals surface area contributed by atoms with Crippen molar-refractivity contribution < 1.29 is 9.59 Å². The molecule has 120 valence electrons. The molecule has 0 bridgehead atoms. The third-order valence-electron chi connectivity index (χ3n) is 3.07. The average molecular weight is 303 g/mol. The molecule has 22 heavy (non-hydrogen) atoms. The lowest BCUT2D eigenvalue weighted by atomic mass is 10.1. The summed E-state index contributed by atoms with van der Waals surface area (Å²) < 4.78 is 0. The molecule has 0 aliphatic carbocycles. The maximum absolute atomic E-state index is 11.7. The molecule has 0 saturated carbocycles. The van der Waals surface area contributed by atoms with Gasteiger partial charge in [-0.3, -0.25) is 9.59 Å². The molecule has 0 spiro atoms. The van der Waals surface area contributed by atoms with Crippen LogP contribution in [0.3, 0.4) is 0 Å². The van der Waals surface area contributed by atoms with E-state index in [2.05, 4.69) is 29.7 Å². The maximum atomic E-state index is 11.7. The van der Waals surface area contributed by atoms with Crippen LogP contribution < -0.4 is 10.7 Å².